The standard InChI is InChI=1S/C9H2Br4O3/c10-4-2-1-3(9(14)15)16-8(2)7(13)6(12)5(4)11/h1H,(H,14,15). The van der Waals surface area contributed by atoms with Crippen LogP contribution in [-0.4, -0.2) is 11.1 Å². The van der Waals surface area contributed by atoms with Gasteiger partial charge in [0.25, 0.3) is 0 Å². The van der Waals surface area contributed by atoms with Gasteiger partial charge in [0.15, 0.2) is 5.58 Å². The van der Waals surface area contributed by atoms with E-state index in [9.17, 15) is 4.79 Å². The summed E-state index contributed by atoms with van der Waals surface area (Å²) in [4.78, 5) is 10.8. The summed E-state index contributed by atoms with van der Waals surface area (Å²) in [6, 6.07) is 1.48. The summed E-state index contributed by atoms with van der Waals surface area (Å²) >= 11 is 13.5. The van der Waals surface area contributed by atoms with Crippen molar-refractivity contribution in [3.05, 3.63) is 29.7 Å². The maximum Gasteiger partial charge on any atom is 0.371 e. The van der Waals surface area contributed by atoms with Crippen LogP contribution in [0.2, 0.25) is 0 Å². The molecule has 1 heterocycles. The molecular weight excluding hydrogens is 476 g/mol. The Morgan fingerprint density at radius 1 is 1.06 bits per heavy atom. The Hall–Kier alpha value is 0.150. The van der Waals surface area contributed by atoms with E-state index in [4.69, 9.17) is 9.52 Å². The first kappa shape index (κ1) is 12.6. The Morgan fingerprint density at radius 3 is 2.19 bits per heavy atom. The summed E-state index contributed by atoms with van der Waals surface area (Å²) in [6.45, 7) is 0. The Kier molecular flexibility index (Phi) is 3.49. The number of carboxylic acids is 1. The van der Waals surface area contributed by atoms with Gasteiger partial charge in [-0.1, -0.05) is 0 Å². The molecule has 0 atom stereocenters. The van der Waals surface area contributed by atoms with Crippen LogP contribution in [0.1, 0.15) is 10.6 Å². The lowest BCUT2D eigenvalue weighted by Crippen LogP contribution is -1.91. The number of furan rings is 1. The van der Waals surface area contributed by atoms with Gasteiger partial charge in [0.2, 0.25) is 5.76 Å². The zero-order valence-corrected chi connectivity index (χ0v) is 13.7. The number of hydrogen-bond acceptors (Lipinski definition) is 2. The molecule has 0 aliphatic heterocycles. The average molecular weight is 478 g/mol. The number of aromatic carboxylic acids is 1. The number of carbonyl (C=O) groups is 1. The highest BCUT2D eigenvalue weighted by molar-refractivity contribution is 9.15. The molecule has 0 spiro atoms. The van der Waals surface area contributed by atoms with Crippen molar-refractivity contribution in [2.75, 3.05) is 0 Å². The molecule has 0 saturated carbocycles. The van der Waals surface area contributed by atoms with E-state index in [2.05, 4.69) is 63.7 Å². The lowest BCUT2D eigenvalue weighted by molar-refractivity contribution is 0.0665. The molecule has 3 nitrogen and oxygen atoms in total. The average Bonchev–Trinajstić information content (AvgIpc) is 2.68. The topological polar surface area (TPSA) is 50.4 Å². The fourth-order valence-corrected chi connectivity index (χ4v) is 3.54. The minimum absolute atomic E-state index is 0.0959. The quantitative estimate of drug-likeness (QED) is 0.455. The van der Waals surface area contributed by atoms with Crippen LogP contribution in [0.15, 0.2) is 28.4 Å². The third kappa shape index (κ3) is 1.87. The third-order valence-corrected chi connectivity index (χ3v) is 6.72. The van der Waals surface area contributed by atoms with Gasteiger partial charge < -0.3 is 9.52 Å². The zero-order valence-electron chi connectivity index (χ0n) is 7.35. The van der Waals surface area contributed by atoms with Gasteiger partial charge in [0.05, 0.1) is 8.95 Å². The predicted molar refractivity (Wildman–Crippen MR) is 74.0 cm³/mol. The maximum absolute atomic E-state index is 10.8. The summed E-state index contributed by atoms with van der Waals surface area (Å²) in [5.41, 5.74) is 0.486. The molecule has 0 bridgehead atoms. The molecular formula is C9H2Br4O3. The molecule has 7 heteroatoms. The van der Waals surface area contributed by atoms with Crippen LogP contribution in [0.5, 0.6) is 0 Å². The van der Waals surface area contributed by atoms with Crippen molar-refractivity contribution in [3.63, 3.8) is 0 Å². The monoisotopic (exact) mass is 474 g/mol. The largest absolute Gasteiger partial charge is 0.475 e. The molecule has 0 unspecified atom stereocenters. The van der Waals surface area contributed by atoms with Crippen molar-refractivity contribution in [1.82, 2.24) is 0 Å². The molecule has 84 valence electrons. The molecule has 0 radical (unpaired) electrons. The van der Waals surface area contributed by atoms with E-state index in [1.165, 1.54) is 6.07 Å². The van der Waals surface area contributed by atoms with Gasteiger partial charge in [0, 0.05) is 20.4 Å². The van der Waals surface area contributed by atoms with E-state index >= 15 is 0 Å². The summed E-state index contributed by atoms with van der Waals surface area (Å²) in [5, 5.41) is 9.55. The number of fused-ring (bicyclic) bond motifs is 1. The number of rotatable bonds is 1. The zero-order chi connectivity index (χ0) is 12.0. The molecule has 1 aromatic carbocycles. The number of carboxylic acid groups (broad SMARTS) is 1. The van der Waals surface area contributed by atoms with Crippen molar-refractivity contribution < 1.29 is 14.3 Å². The van der Waals surface area contributed by atoms with Crippen LogP contribution < -0.4 is 0 Å². The summed E-state index contributed by atoms with van der Waals surface area (Å²) in [5.74, 6) is -1.19. The van der Waals surface area contributed by atoms with Crippen LogP contribution in [0, 0.1) is 0 Å². The van der Waals surface area contributed by atoms with E-state index in [-0.39, 0.29) is 5.76 Å². The smallest absolute Gasteiger partial charge is 0.371 e. The van der Waals surface area contributed by atoms with Gasteiger partial charge in [-0.2, -0.15) is 0 Å². The highest BCUT2D eigenvalue weighted by atomic mass is 79.9. The summed E-state index contributed by atoms with van der Waals surface area (Å²) < 4.78 is 8.22. The second-order valence-corrected chi connectivity index (χ2v) is 6.09. The van der Waals surface area contributed by atoms with Crippen molar-refractivity contribution in [1.29, 1.82) is 0 Å². The van der Waals surface area contributed by atoms with E-state index in [1.807, 2.05) is 0 Å². The van der Waals surface area contributed by atoms with Gasteiger partial charge in [-0.05, 0) is 63.7 Å². The van der Waals surface area contributed by atoms with Gasteiger partial charge in [-0.15, -0.1) is 0 Å². The number of benzene rings is 1. The fourth-order valence-electron chi connectivity index (χ4n) is 1.23. The lowest BCUT2D eigenvalue weighted by atomic mass is 10.2. The van der Waals surface area contributed by atoms with Crippen LogP contribution in [0.4, 0.5) is 0 Å². The highest BCUT2D eigenvalue weighted by Gasteiger charge is 2.19. The van der Waals surface area contributed by atoms with Crippen LogP contribution >= 0.6 is 63.7 Å². The van der Waals surface area contributed by atoms with Gasteiger partial charge in [0.1, 0.15) is 0 Å². The first-order chi connectivity index (χ1) is 7.43. The van der Waals surface area contributed by atoms with Crippen molar-refractivity contribution in [3.8, 4) is 0 Å². The Labute approximate surface area is 124 Å². The molecule has 0 aliphatic carbocycles. The normalized spacial score (nSPS) is 11.0. The van der Waals surface area contributed by atoms with Gasteiger partial charge >= 0.3 is 5.97 Å². The van der Waals surface area contributed by atoms with E-state index in [0.29, 0.717) is 15.4 Å². The van der Waals surface area contributed by atoms with Gasteiger partial charge in [-0.3, -0.25) is 0 Å². The highest BCUT2D eigenvalue weighted by Crippen LogP contribution is 2.44. The Bertz CT molecular complexity index is 558. The summed E-state index contributed by atoms with van der Waals surface area (Å²) in [7, 11) is 0. The predicted octanol–water partition coefficient (Wildman–Crippen LogP) is 5.18. The van der Waals surface area contributed by atoms with E-state index in [1.54, 1.807) is 0 Å². The first-order valence-corrected chi connectivity index (χ1v) is 7.09. The second kappa shape index (κ2) is 4.44. The molecule has 2 rings (SSSR count). The Morgan fingerprint density at radius 2 is 1.62 bits per heavy atom. The van der Waals surface area contributed by atoms with Crippen LogP contribution in [0.25, 0.3) is 11.0 Å². The third-order valence-electron chi connectivity index (χ3n) is 1.96. The molecule has 0 amide bonds. The van der Waals surface area contributed by atoms with Crippen LogP contribution in [-0.2, 0) is 0 Å². The Balaban J connectivity index is 2.92. The number of hydrogen-bond donors (Lipinski definition) is 1. The lowest BCUT2D eigenvalue weighted by Gasteiger charge is -2.03. The molecule has 2 aromatic rings. The van der Waals surface area contributed by atoms with Crippen molar-refractivity contribution >= 4 is 80.7 Å². The molecule has 0 fully saturated rings. The van der Waals surface area contributed by atoms with Crippen molar-refractivity contribution in [2.45, 2.75) is 0 Å². The molecule has 0 saturated heterocycles. The van der Waals surface area contributed by atoms with Crippen LogP contribution in [0.3, 0.4) is 0 Å². The SMILES string of the molecule is O=C(O)c1cc2c(Br)c(Br)c(Br)c(Br)c2o1. The molecule has 0 aliphatic rings. The minimum Gasteiger partial charge on any atom is -0.475 e. The van der Waals surface area contributed by atoms with E-state index < -0.39 is 5.97 Å². The molecule has 16 heavy (non-hydrogen) atoms. The fraction of sp³-hybridized carbons (Fsp3) is 0. The molecule has 1 aromatic heterocycles. The molecule has 1 N–H and O–H groups in total. The number of halogens is 4. The minimum atomic E-state index is -1.10. The van der Waals surface area contributed by atoms with Gasteiger partial charge in [-0.25, -0.2) is 4.79 Å². The van der Waals surface area contributed by atoms with Crippen molar-refractivity contribution in [2.24, 2.45) is 0 Å². The summed E-state index contributed by atoms with van der Waals surface area (Å²) in [6.07, 6.45) is 0. The maximum atomic E-state index is 10.8. The second-order valence-electron chi connectivity index (χ2n) is 2.91. The van der Waals surface area contributed by atoms with E-state index in [0.717, 1.165) is 13.4 Å². The first-order valence-electron chi connectivity index (χ1n) is 3.92.